The Morgan fingerprint density at radius 2 is 2.12 bits per heavy atom. The molecule has 1 aromatic carbocycles. The third-order valence-corrected chi connectivity index (χ3v) is 4.95. The minimum Gasteiger partial charge on any atom is -0.489 e. The van der Waals surface area contributed by atoms with Gasteiger partial charge in [-0.15, -0.1) is 11.3 Å². The van der Waals surface area contributed by atoms with Crippen LogP contribution in [0.5, 0.6) is 5.75 Å². The molecule has 25 heavy (non-hydrogen) atoms. The van der Waals surface area contributed by atoms with Crippen molar-refractivity contribution >= 4 is 22.9 Å². The summed E-state index contributed by atoms with van der Waals surface area (Å²) in [4.78, 5) is 13.0. The van der Waals surface area contributed by atoms with Gasteiger partial charge in [-0.05, 0) is 55.5 Å². The predicted octanol–water partition coefficient (Wildman–Crippen LogP) is 4.41. The molecule has 6 heteroatoms. The number of aromatic nitrogens is 2. The largest absolute Gasteiger partial charge is 0.489 e. The van der Waals surface area contributed by atoms with Crippen LogP contribution in [0.15, 0.2) is 42.0 Å². The van der Waals surface area contributed by atoms with Gasteiger partial charge in [0.1, 0.15) is 12.4 Å². The normalized spacial score (nSPS) is 10.7. The van der Waals surface area contributed by atoms with Crippen molar-refractivity contribution in [3.05, 3.63) is 63.6 Å². The zero-order chi connectivity index (χ0) is 17.8. The van der Waals surface area contributed by atoms with Gasteiger partial charge in [-0.1, -0.05) is 6.07 Å². The Kier molecular flexibility index (Phi) is 5.19. The van der Waals surface area contributed by atoms with E-state index in [1.54, 1.807) is 10.9 Å². The number of carbonyl (C=O) groups excluding carboxylic acids is 1. The van der Waals surface area contributed by atoms with Crippen molar-refractivity contribution in [2.24, 2.45) is 0 Å². The number of benzene rings is 1. The first-order chi connectivity index (χ1) is 12.0. The molecule has 0 aliphatic rings. The number of nitrogens with zero attached hydrogens (tertiary/aromatic N) is 2. The van der Waals surface area contributed by atoms with E-state index in [0.717, 1.165) is 17.9 Å². The number of aryl methyl sites for hydroxylation is 3. The van der Waals surface area contributed by atoms with Crippen LogP contribution in [0, 0.1) is 13.8 Å². The molecule has 3 aromatic rings. The maximum atomic E-state index is 12.3. The van der Waals surface area contributed by atoms with Gasteiger partial charge in [0.2, 0.25) is 0 Å². The van der Waals surface area contributed by atoms with E-state index in [-0.39, 0.29) is 5.91 Å². The van der Waals surface area contributed by atoms with Crippen LogP contribution in [-0.2, 0) is 13.2 Å². The fourth-order valence-corrected chi connectivity index (χ4v) is 3.13. The van der Waals surface area contributed by atoms with Gasteiger partial charge in [0.15, 0.2) is 0 Å². The number of anilines is 1. The number of hydrogen-bond donors (Lipinski definition) is 1. The highest BCUT2D eigenvalue weighted by Crippen LogP contribution is 2.21. The topological polar surface area (TPSA) is 56.2 Å². The quantitative estimate of drug-likeness (QED) is 0.712. The Labute approximate surface area is 151 Å². The zero-order valence-electron chi connectivity index (χ0n) is 14.6. The van der Waals surface area contributed by atoms with Gasteiger partial charge in [0, 0.05) is 18.3 Å². The van der Waals surface area contributed by atoms with E-state index in [1.165, 1.54) is 22.5 Å². The minimum atomic E-state index is -0.127. The number of nitrogens with one attached hydrogen (secondary N) is 1. The van der Waals surface area contributed by atoms with E-state index in [9.17, 15) is 4.79 Å². The van der Waals surface area contributed by atoms with E-state index >= 15 is 0 Å². The molecule has 0 fully saturated rings. The maximum absolute atomic E-state index is 12.3. The van der Waals surface area contributed by atoms with Gasteiger partial charge in [-0.25, -0.2) is 0 Å². The van der Waals surface area contributed by atoms with Gasteiger partial charge in [-0.3, -0.25) is 9.48 Å². The van der Waals surface area contributed by atoms with Crippen molar-refractivity contribution in [1.29, 1.82) is 0 Å². The molecule has 0 bridgehead atoms. The Morgan fingerprint density at radius 1 is 1.28 bits per heavy atom. The third-order valence-electron chi connectivity index (χ3n) is 3.98. The lowest BCUT2D eigenvalue weighted by atomic mass is 10.1. The molecule has 0 saturated heterocycles. The molecular formula is C19H21N3O2S. The predicted molar refractivity (Wildman–Crippen MR) is 100 cm³/mol. The molecule has 130 valence electrons. The number of thiophene rings is 1. The first-order valence-corrected chi connectivity index (χ1v) is 9.04. The van der Waals surface area contributed by atoms with E-state index in [0.29, 0.717) is 17.2 Å². The summed E-state index contributed by atoms with van der Waals surface area (Å²) in [7, 11) is 0. The van der Waals surface area contributed by atoms with Gasteiger partial charge in [-0.2, -0.15) is 5.10 Å². The van der Waals surface area contributed by atoms with Crippen LogP contribution in [-0.4, -0.2) is 15.7 Å². The average Bonchev–Trinajstić information content (AvgIpc) is 3.25. The van der Waals surface area contributed by atoms with Gasteiger partial charge in [0.25, 0.3) is 5.91 Å². The van der Waals surface area contributed by atoms with Crippen LogP contribution >= 0.6 is 11.3 Å². The van der Waals surface area contributed by atoms with Crippen LogP contribution in [0.4, 0.5) is 5.69 Å². The highest BCUT2D eigenvalue weighted by molar-refractivity contribution is 7.12. The second-order valence-corrected chi connectivity index (χ2v) is 6.80. The van der Waals surface area contributed by atoms with Crippen LogP contribution in [0.1, 0.15) is 33.3 Å². The summed E-state index contributed by atoms with van der Waals surface area (Å²) >= 11 is 1.41. The second-order valence-electron chi connectivity index (χ2n) is 5.89. The van der Waals surface area contributed by atoms with E-state index < -0.39 is 0 Å². The molecule has 0 radical (unpaired) electrons. The monoisotopic (exact) mass is 355 g/mol. The Hall–Kier alpha value is -2.60. The molecule has 2 heterocycles. The standard InChI is InChI=1S/C19H21N3O2S/c1-4-22-10-16(9-20-22)21-19(23)18-8-15(12-25-18)11-24-17-6-5-13(2)14(3)7-17/h5-10,12H,4,11H2,1-3H3,(H,21,23). The summed E-state index contributed by atoms with van der Waals surface area (Å²) < 4.78 is 7.59. The molecule has 1 amide bonds. The first kappa shape index (κ1) is 17.2. The summed E-state index contributed by atoms with van der Waals surface area (Å²) in [5, 5.41) is 8.96. The SMILES string of the molecule is CCn1cc(NC(=O)c2cc(COc3ccc(C)c(C)c3)cs2)cn1. The van der Waals surface area contributed by atoms with Gasteiger partial charge >= 0.3 is 0 Å². The molecule has 2 aromatic heterocycles. The van der Waals surface area contributed by atoms with Crippen LogP contribution in [0.3, 0.4) is 0 Å². The Morgan fingerprint density at radius 3 is 2.84 bits per heavy atom. The van der Waals surface area contributed by atoms with Crippen LogP contribution in [0.2, 0.25) is 0 Å². The summed E-state index contributed by atoms with van der Waals surface area (Å²) in [5.74, 6) is 0.713. The summed E-state index contributed by atoms with van der Waals surface area (Å²) in [6.45, 7) is 7.36. The van der Waals surface area contributed by atoms with Crippen molar-refractivity contribution < 1.29 is 9.53 Å². The average molecular weight is 355 g/mol. The molecule has 0 saturated carbocycles. The molecule has 0 aliphatic heterocycles. The molecule has 0 aliphatic carbocycles. The zero-order valence-corrected chi connectivity index (χ0v) is 15.4. The summed E-state index contributed by atoms with van der Waals surface area (Å²) in [6, 6.07) is 7.91. The van der Waals surface area contributed by atoms with Crippen molar-refractivity contribution in [1.82, 2.24) is 9.78 Å². The van der Waals surface area contributed by atoms with Crippen LogP contribution in [0.25, 0.3) is 0 Å². The van der Waals surface area contributed by atoms with Gasteiger partial charge in [0.05, 0.1) is 16.8 Å². The molecule has 3 rings (SSSR count). The molecule has 0 unspecified atom stereocenters. The van der Waals surface area contributed by atoms with Crippen molar-refractivity contribution in [2.75, 3.05) is 5.32 Å². The molecular weight excluding hydrogens is 334 g/mol. The van der Waals surface area contributed by atoms with Gasteiger partial charge < -0.3 is 10.1 Å². The molecule has 1 N–H and O–H groups in total. The third kappa shape index (κ3) is 4.28. The number of hydrogen-bond acceptors (Lipinski definition) is 4. The smallest absolute Gasteiger partial charge is 0.265 e. The number of amides is 1. The maximum Gasteiger partial charge on any atom is 0.265 e. The number of carbonyl (C=O) groups is 1. The molecule has 0 spiro atoms. The second kappa shape index (κ2) is 7.53. The van der Waals surface area contributed by atoms with Crippen molar-refractivity contribution in [3.8, 4) is 5.75 Å². The fourth-order valence-electron chi connectivity index (χ4n) is 2.33. The van der Waals surface area contributed by atoms with Crippen LogP contribution < -0.4 is 10.1 Å². The lowest BCUT2D eigenvalue weighted by molar-refractivity contribution is 0.103. The number of rotatable bonds is 6. The van der Waals surface area contributed by atoms with E-state index in [1.807, 2.05) is 42.8 Å². The highest BCUT2D eigenvalue weighted by atomic mass is 32.1. The number of ether oxygens (including phenoxy) is 1. The van der Waals surface area contributed by atoms with E-state index in [4.69, 9.17) is 4.74 Å². The minimum absolute atomic E-state index is 0.127. The lowest BCUT2D eigenvalue weighted by Gasteiger charge is -2.07. The Balaban J connectivity index is 1.59. The molecule has 5 nitrogen and oxygen atoms in total. The van der Waals surface area contributed by atoms with Crippen molar-refractivity contribution in [2.45, 2.75) is 33.9 Å². The fraction of sp³-hybridized carbons (Fsp3) is 0.263. The highest BCUT2D eigenvalue weighted by Gasteiger charge is 2.11. The summed E-state index contributed by atoms with van der Waals surface area (Å²) in [6.07, 6.45) is 3.47. The molecule has 0 atom stereocenters. The summed E-state index contributed by atoms with van der Waals surface area (Å²) in [5.41, 5.74) is 4.13. The Bertz CT molecular complexity index is 882. The van der Waals surface area contributed by atoms with E-state index in [2.05, 4.69) is 24.3 Å². The first-order valence-electron chi connectivity index (χ1n) is 8.16. The lowest BCUT2D eigenvalue weighted by Crippen LogP contribution is -2.09. The van der Waals surface area contributed by atoms with Crippen molar-refractivity contribution in [3.63, 3.8) is 0 Å².